The number of hydrogen-bond donors (Lipinski definition) is 3. The van der Waals surface area contributed by atoms with E-state index in [0.29, 0.717) is 15.7 Å². The Kier molecular flexibility index (Phi) is 5.15. The monoisotopic (exact) mass is 384 g/mol. The van der Waals surface area contributed by atoms with Crippen LogP contribution in [0.1, 0.15) is 25.5 Å². The van der Waals surface area contributed by atoms with Crippen molar-refractivity contribution in [3.05, 3.63) is 33.4 Å². The van der Waals surface area contributed by atoms with Gasteiger partial charge in [0.1, 0.15) is 0 Å². The van der Waals surface area contributed by atoms with E-state index in [1.807, 2.05) is 0 Å². The van der Waals surface area contributed by atoms with Gasteiger partial charge in [-0.3, -0.25) is 0 Å². The normalized spacial score (nSPS) is 17.4. The van der Waals surface area contributed by atoms with E-state index < -0.39 is 18.0 Å². The molecule has 0 spiro atoms. The lowest BCUT2D eigenvalue weighted by molar-refractivity contribution is -0.139. The van der Waals surface area contributed by atoms with Gasteiger partial charge in [0, 0.05) is 15.7 Å². The molecule has 1 atom stereocenters. The largest absolute Gasteiger partial charge is 0.504 e. The third-order valence-corrected chi connectivity index (χ3v) is 3.82. The number of amides is 2. The molecular formula is C15H17BrN2O5. The average molecular weight is 385 g/mol. The molecule has 0 unspecified atom stereocenters. The molecule has 3 N–H and O–H groups in total. The Morgan fingerprint density at radius 1 is 1.43 bits per heavy atom. The van der Waals surface area contributed by atoms with Crippen LogP contribution in [0.4, 0.5) is 4.79 Å². The topological polar surface area (TPSA) is 96.9 Å². The van der Waals surface area contributed by atoms with E-state index in [-0.39, 0.29) is 23.7 Å². The van der Waals surface area contributed by atoms with Crippen molar-refractivity contribution in [2.24, 2.45) is 0 Å². The van der Waals surface area contributed by atoms with E-state index in [4.69, 9.17) is 9.47 Å². The maximum Gasteiger partial charge on any atom is 0.338 e. The molecule has 2 rings (SSSR count). The summed E-state index contributed by atoms with van der Waals surface area (Å²) in [5.74, 6) is -0.499. The number of urea groups is 1. The molecule has 23 heavy (non-hydrogen) atoms. The van der Waals surface area contributed by atoms with Crippen molar-refractivity contribution in [1.29, 1.82) is 0 Å². The minimum Gasteiger partial charge on any atom is -0.504 e. The van der Waals surface area contributed by atoms with Crippen LogP contribution < -0.4 is 15.4 Å². The fraction of sp³-hybridized carbons (Fsp3) is 0.333. The number of ether oxygens (including phenoxy) is 2. The fourth-order valence-corrected chi connectivity index (χ4v) is 2.83. The molecule has 0 radical (unpaired) electrons. The van der Waals surface area contributed by atoms with Gasteiger partial charge in [0.25, 0.3) is 0 Å². The number of nitrogens with one attached hydrogen (secondary N) is 2. The zero-order chi connectivity index (χ0) is 17.1. The van der Waals surface area contributed by atoms with Crippen molar-refractivity contribution in [2.75, 3.05) is 13.7 Å². The highest BCUT2D eigenvalue weighted by Gasteiger charge is 2.34. The van der Waals surface area contributed by atoms with E-state index in [1.54, 1.807) is 26.0 Å². The van der Waals surface area contributed by atoms with Gasteiger partial charge in [0.05, 0.1) is 25.3 Å². The minimum absolute atomic E-state index is 0.155. The molecule has 0 aliphatic carbocycles. The van der Waals surface area contributed by atoms with Crippen LogP contribution >= 0.6 is 15.9 Å². The van der Waals surface area contributed by atoms with Crippen LogP contribution in [-0.2, 0) is 9.53 Å². The number of phenolic OH excluding ortho intramolecular Hbond substituents is 1. The van der Waals surface area contributed by atoms with Gasteiger partial charge in [-0.25, -0.2) is 9.59 Å². The van der Waals surface area contributed by atoms with Crippen LogP contribution in [0.2, 0.25) is 0 Å². The highest BCUT2D eigenvalue weighted by atomic mass is 79.9. The molecule has 0 bridgehead atoms. The third kappa shape index (κ3) is 3.42. The predicted molar refractivity (Wildman–Crippen MR) is 86.1 cm³/mol. The molecule has 1 aromatic carbocycles. The van der Waals surface area contributed by atoms with E-state index in [0.717, 1.165) is 0 Å². The van der Waals surface area contributed by atoms with Crippen molar-refractivity contribution in [3.8, 4) is 11.5 Å². The minimum atomic E-state index is -0.853. The molecule has 1 aliphatic rings. The summed E-state index contributed by atoms with van der Waals surface area (Å²) >= 11 is 3.32. The lowest BCUT2D eigenvalue weighted by atomic mass is 9.94. The molecule has 8 heteroatoms. The quantitative estimate of drug-likeness (QED) is 0.692. The second-order valence-corrected chi connectivity index (χ2v) is 5.75. The van der Waals surface area contributed by atoms with E-state index in [9.17, 15) is 14.7 Å². The van der Waals surface area contributed by atoms with Crippen molar-refractivity contribution < 1.29 is 24.2 Å². The summed E-state index contributed by atoms with van der Waals surface area (Å²) < 4.78 is 10.8. The van der Waals surface area contributed by atoms with Gasteiger partial charge in [-0.15, -0.1) is 0 Å². The number of phenols is 1. The number of rotatable bonds is 4. The number of carbonyl (C=O) groups is 2. The van der Waals surface area contributed by atoms with Gasteiger partial charge in [0.15, 0.2) is 11.5 Å². The first-order valence-electron chi connectivity index (χ1n) is 6.90. The average Bonchev–Trinajstić information content (AvgIpc) is 2.48. The number of benzene rings is 1. The number of halogens is 1. The Balaban J connectivity index is 2.59. The molecule has 1 heterocycles. The zero-order valence-corrected chi connectivity index (χ0v) is 14.5. The van der Waals surface area contributed by atoms with Gasteiger partial charge in [-0.1, -0.05) is 15.9 Å². The fourth-order valence-electron chi connectivity index (χ4n) is 2.38. The van der Waals surface area contributed by atoms with Gasteiger partial charge >= 0.3 is 12.0 Å². The van der Waals surface area contributed by atoms with E-state index in [2.05, 4.69) is 26.6 Å². The Hall–Kier alpha value is -2.22. The van der Waals surface area contributed by atoms with Crippen LogP contribution in [0, 0.1) is 0 Å². The molecule has 0 aromatic heterocycles. The Bertz CT molecular complexity index is 687. The van der Waals surface area contributed by atoms with Crippen molar-refractivity contribution in [2.45, 2.75) is 19.9 Å². The second-order valence-electron chi connectivity index (χ2n) is 4.84. The Labute approximate surface area is 141 Å². The Morgan fingerprint density at radius 2 is 2.13 bits per heavy atom. The summed E-state index contributed by atoms with van der Waals surface area (Å²) in [6.07, 6.45) is 0. The molecule has 1 aliphatic heterocycles. The highest BCUT2D eigenvalue weighted by Crippen LogP contribution is 2.40. The first-order valence-corrected chi connectivity index (χ1v) is 7.70. The van der Waals surface area contributed by atoms with Gasteiger partial charge in [0.2, 0.25) is 0 Å². The predicted octanol–water partition coefficient (Wildman–Crippen LogP) is 2.35. The van der Waals surface area contributed by atoms with E-state index in [1.165, 1.54) is 7.11 Å². The summed E-state index contributed by atoms with van der Waals surface area (Å²) in [6, 6.07) is 1.87. The number of methoxy groups -OCH3 is 1. The molecule has 0 fully saturated rings. The number of carbonyl (C=O) groups excluding carboxylic acids is 2. The maximum atomic E-state index is 12.3. The summed E-state index contributed by atoms with van der Waals surface area (Å²) in [7, 11) is 1.42. The first kappa shape index (κ1) is 17.1. The molecule has 0 saturated carbocycles. The molecule has 1 aromatic rings. The number of allylic oxidation sites excluding steroid dienone is 1. The van der Waals surface area contributed by atoms with Crippen LogP contribution in [-0.4, -0.2) is 30.8 Å². The number of esters is 1. The van der Waals surface area contributed by atoms with Crippen molar-refractivity contribution in [1.82, 2.24) is 10.6 Å². The van der Waals surface area contributed by atoms with Gasteiger partial charge in [-0.2, -0.15) is 0 Å². The van der Waals surface area contributed by atoms with E-state index >= 15 is 0 Å². The maximum absolute atomic E-state index is 12.3. The van der Waals surface area contributed by atoms with Crippen LogP contribution in [0.5, 0.6) is 11.5 Å². The van der Waals surface area contributed by atoms with Crippen molar-refractivity contribution in [3.63, 3.8) is 0 Å². The van der Waals surface area contributed by atoms with Crippen molar-refractivity contribution >= 4 is 27.9 Å². The summed E-state index contributed by atoms with van der Waals surface area (Å²) in [6.45, 7) is 3.49. The standard InChI is InChI=1S/C15H17BrN2O5/c1-4-23-14(20)11-7(2)17-15(21)18-12(11)9-5-8(16)6-10(22-3)13(9)19/h5-6,12,19H,4H2,1-3H3,(H2,17,18,21)/t12-/m0/s1. The molecule has 7 nitrogen and oxygen atoms in total. The summed E-state index contributed by atoms with van der Waals surface area (Å²) in [5, 5.41) is 15.5. The highest BCUT2D eigenvalue weighted by molar-refractivity contribution is 9.10. The van der Waals surface area contributed by atoms with Gasteiger partial charge in [-0.05, 0) is 26.0 Å². The lowest BCUT2D eigenvalue weighted by Gasteiger charge is -2.28. The Morgan fingerprint density at radius 3 is 2.74 bits per heavy atom. The van der Waals surface area contributed by atoms with Crippen LogP contribution in [0.15, 0.2) is 27.9 Å². The molecule has 0 saturated heterocycles. The number of hydrogen-bond acceptors (Lipinski definition) is 5. The first-order chi connectivity index (χ1) is 10.9. The SMILES string of the molecule is CCOC(=O)C1=C(C)NC(=O)N[C@H]1c1cc(Br)cc(OC)c1O. The molecular weight excluding hydrogens is 368 g/mol. The smallest absolute Gasteiger partial charge is 0.338 e. The molecule has 2 amide bonds. The lowest BCUT2D eigenvalue weighted by Crippen LogP contribution is -2.45. The molecule has 124 valence electrons. The second kappa shape index (κ2) is 6.91. The zero-order valence-electron chi connectivity index (χ0n) is 12.9. The number of aromatic hydroxyl groups is 1. The summed E-state index contributed by atoms with van der Waals surface area (Å²) in [5.41, 5.74) is 0.922. The van der Waals surface area contributed by atoms with Gasteiger partial charge < -0.3 is 25.2 Å². The van der Waals surface area contributed by atoms with Crippen LogP contribution in [0.3, 0.4) is 0 Å². The third-order valence-electron chi connectivity index (χ3n) is 3.36. The summed E-state index contributed by atoms with van der Waals surface area (Å²) in [4.78, 5) is 24.1. The van der Waals surface area contributed by atoms with Crippen LogP contribution in [0.25, 0.3) is 0 Å².